The molecule has 1 aliphatic rings. The van der Waals surface area contributed by atoms with E-state index in [9.17, 15) is 14.4 Å². The summed E-state index contributed by atoms with van der Waals surface area (Å²) in [4.78, 5) is 38.5. The van der Waals surface area contributed by atoms with Gasteiger partial charge < -0.3 is 15.0 Å². The van der Waals surface area contributed by atoms with E-state index in [0.717, 1.165) is 27.9 Å². The summed E-state index contributed by atoms with van der Waals surface area (Å²) in [6.45, 7) is 7.71. The molecule has 0 unspecified atom stereocenters. The summed E-state index contributed by atoms with van der Waals surface area (Å²) in [5.74, 6) is -1.62. The molecule has 6 heteroatoms. The Kier molecular flexibility index (Phi) is 6.01. The lowest BCUT2D eigenvalue weighted by molar-refractivity contribution is -0.151. The maximum absolute atomic E-state index is 12.4. The number of anilines is 2. The normalized spacial score (nSPS) is 16.1. The van der Waals surface area contributed by atoms with Crippen molar-refractivity contribution in [3.63, 3.8) is 0 Å². The highest BCUT2D eigenvalue weighted by Gasteiger charge is 2.36. The second kappa shape index (κ2) is 8.47. The van der Waals surface area contributed by atoms with E-state index in [0.29, 0.717) is 5.69 Å². The molecule has 0 saturated carbocycles. The molecule has 6 nitrogen and oxygen atoms in total. The van der Waals surface area contributed by atoms with E-state index in [1.807, 2.05) is 64.1 Å². The zero-order chi connectivity index (χ0) is 21.1. The van der Waals surface area contributed by atoms with Gasteiger partial charge in [-0.3, -0.25) is 14.4 Å². The Morgan fingerprint density at radius 2 is 1.72 bits per heavy atom. The van der Waals surface area contributed by atoms with Gasteiger partial charge in [0.15, 0.2) is 6.61 Å². The van der Waals surface area contributed by atoms with Crippen molar-refractivity contribution in [3.05, 3.63) is 58.7 Å². The van der Waals surface area contributed by atoms with Crippen LogP contribution in [0.4, 0.5) is 11.4 Å². The number of nitrogens with zero attached hydrogens (tertiary/aromatic N) is 1. The summed E-state index contributed by atoms with van der Waals surface area (Å²) in [5, 5.41) is 2.75. The van der Waals surface area contributed by atoms with Gasteiger partial charge in [0.2, 0.25) is 5.91 Å². The Labute approximate surface area is 170 Å². The second-order valence-electron chi connectivity index (χ2n) is 7.73. The number of carbonyl (C=O) groups excluding carboxylic acids is 3. The van der Waals surface area contributed by atoms with Gasteiger partial charge in [-0.15, -0.1) is 0 Å². The summed E-state index contributed by atoms with van der Waals surface area (Å²) in [7, 11) is 0. The minimum Gasteiger partial charge on any atom is -0.455 e. The number of ether oxygens (including phenoxy) is 1. The zero-order valence-electron chi connectivity index (χ0n) is 17.2. The van der Waals surface area contributed by atoms with Crippen molar-refractivity contribution in [2.75, 3.05) is 23.4 Å². The molecule has 3 rings (SSSR count). The molecule has 0 radical (unpaired) electrons. The average Bonchev–Trinajstić information content (AvgIpc) is 3.03. The number of hydrogen-bond acceptors (Lipinski definition) is 4. The molecular formula is C23H26N2O4. The summed E-state index contributed by atoms with van der Waals surface area (Å²) in [5.41, 5.74) is 5.63. The van der Waals surface area contributed by atoms with Gasteiger partial charge in [-0.2, -0.15) is 0 Å². The first-order chi connectivity index (χ1) is 13.7. The predicted molar refractivity (Wildman–Crippen MR) is 112 cm³/mol. The number of hydrogen-bond donors (Lipinski definition) is 1. The number of carbonyl (C=O) groups is 3. The van der Waals surface area contributed by atoms with Crippen LogP contribution in [-0.4, -0.2) is 30.9 Å². The SMILES string of the molecule is Cc1cc(C)cc(N2C[C@H](C(=O)OCC(=O)Nc3ccc(C)cc3C)CC2=O)c1. The fourth-order valence-corrected chi connectivity index (χ4v) is 3.62. The minimum absolute atomic E-state index is 0.0878. The standard InChI is InChI=1S/C23H26N2O4/c1-14-5-6-20(17(4)8-14)24-21(26)13-29-23(28)18-11-22(27)25(12-18)19-9-15(2)7-16(3)10-19/h5-10,18H,11-13H2,1-4H3,(H,24,26)/t18-/m1/s1. The van der Waals surface area contributed by atoms with Gasteiger partial charge in [0.25, 0.3) is 5.91 Å². The molecule has 2 aromatic rings. The van der Waals surface area contributed by atoms with E-state index < -0.39 is 17.8 Å². The third kappa shape index (κ3) is 5.02. The lowest BCUT2D eigenvalue weighted by Gasteiger charge is -2.18. The maximum Gasteiger partial charge on any atom is 0.311 e. The topological polar surface area (TPSA) is 75.7 Å². The van der Waals surface area contributed by atoms with Crippen molar-refractivity contribution < 1.29 is 19.1 Å². The molecule has 2 aromatic carbocycles. The molecule has 1 atom stereocenters. The average molecular weight is 394 g/mol. The number of benzene rings is 2. The van der Waals surface area contributed by atoms with Crippen LogP contribution in [0.25, 0.3) is 0 Å². The van der Waals surface area contributed by atoms with Crippen molar-refractivity contribution >= 4 is 29.2 Å². The summed E-state index contributed by atoms with van der Waals surface area (Å²) < 4.78 is 5.17. The van der Waals surface area contributed by atoms with Crippen LogP contribution in [0.3, 0.4) is 0 Å². The molecule has 1 N–H and O–H groups in total. The van der Waals surface area contributed by atoms with Crippen molar-refractivity contribution in [1.82, 2.24) is 0 Å². The molecule has 0 spiro atoms. The highest BCUT2D eigenvalue weighted by molar-refractivity contribution is 6.00. The van der Waals surface area contributed by atoms with E-state index >= 15 is 0 Å². The first-order valence-electron chi connectivity index (χ1n) is 9.65. The van der Waals surface area contributed by atoms with E-state index in [2.05, 4.69) is 5.32 Å². The Morgan fingerprint density at radius 3 is 2.38 bits per heavy atom. The number of nitrogens with one attached hydrogen (secondary N) is 1. The van der Waals surface area contributed by atoms with Crippen LogP contribution >= 0.6 is 0 Å². The largest absolute Gasteiger partial charge is 0.455 e. The summed E-state index contributed by atoms with van der Waals surface area (Å²) >= 11 is 0. The Morgan fingerprint density at radius 1 is 1.03 bits per heavy atom. The first kappa shape index (κ1) is 20.6. The lowest BCUT2D eigenvalue weighted by Crippen LogP contribution is -2.28. The lowest BCUT2D eigenvalue weighted by atomic mass is 10.1. The molecule has 1 heterocycles. The van der Waals surface area contributed by atoms with E-state index in [1.165, 1.54) is 0 Å². The highest BCUT2D eigenvalue weighted by Crippen LogP contribution is 2.27. The van der Waals surface area contributed by atoms with Gasteiger partial charge in [0.1, 0.15) is 0 Å². The molecule has 29 heavy (non-hydrogen) atoms. The number of aryl methyl sites for hydroxylation is 4. The van der Waals surface area contributed by atoms with Gasteiger partial charge in [0, 0.05) is 24.3 Å². The molecule has 0 aliphatic carbocycles. The molecule has 1 aliphatic heterocycles. The Bertz CT molecular complexity index is 947. The smallest absolute Gasteiger partial charge is 0.311 e. The third-order valence-corrected chi connectivity index (χ3v) is 4.98. The van der Waals surface area contributed by atoms with Crippen molar-refractivity contribution in [2.45, 2.75) is 34.1 Å². The molecule has 1 fully saturated rings. The maximum atomic E-state index is 12.4. The van der Waals surface area contributed by atoms with Gasteiger partial charge in [-0.25, -0.2) is 0 Å². The number of esters is 1. The molecule has 1 saturated heterocycles. The van der Waals surface area contributed by atoms with Gasteiger partial charge in [-0.1, -0.05) is 23.8 Å². The zero-order valence-corrected chi connectivity index (χ0v) is 17.2. The van der Waals surface area contributed by atoms with Crippen molar-refractivity contribution in [2.24, 2.45) is 5.92 Å². The fourth-order valence-electron chi connectivity index (χ4n) is 3.62. The Hall–Kier alpha value is -3.15. The fraction of sp³-hybridized carbons (Fsp3) is 0.348. The molecule has 0 bridgehead atoms. The van der Waals surface area contributed by atoms with Gasteiger partial charge >= 0.3 is 5.97 Å². The van der Waals surface area contributed by atoms with Crippen LogP contribution in [-0.2, 0) is 19.1 Å². The molecule has 152 valence electrons. The van der Waals surface area contributed by atoms with E-state index in [-0.39, 0.29) is 25.5 Å². The van der Waals surface area contributed by atoms with Crippen molar-refractivity contribution in [1.29, 1.82) is 0 Å². The van der Waals surface area contributed by atoms with Crippen molar-refractivity contribution in [3.8, 4) is 0 Å². The summed E-state index contributed by atoms with van der Waals surface area (Å²) in [6.07, 6.45) is 0.0878. The van der Waals surface area contributed by atoms with Gasteiger partial charge in [0.05, 0.1) is 5.92 Å². The minimum atomic E-state index is -0.572. The Balaban J connectivity index is 1.56. The van der Waals surface area contributed by atoms with E-state index in [1.54, 1.807) is 4.90 Å². The van der Waals surface area contributed by atoms with Crippen LogP contribution in [0.15, 0.2) is 36.4 Å². The highest BCUT2D eigenvalue weighted by atomic mass is 16.5. The predicted octanol–water partition coefficient (Wildman–Crippen LogP) is 3.46. The first-order valence-corrected chi connectivity index (χ1v) is 9.65. The quantitative estimate of drug-likeness (QED) is 0.788. The van der Waals surface area contributed by atoms with Crippen LogP contribution in [0.5, 0.6) is 0 Å². The molecular weight excluding hydrogens is 368 g/mol. The van der Waals surface area contributed by atoms with Crippen LogP contribution in [0.2, 0.25) is 0 Å². The number of rotatable bonds is 5. The van der Waals surface area contributed by atoms with E-state index in [4.69, 9.17) is 4.74 Å². The molecule has 2 amide bonds. The summed E-state index contributed by atoms with van der Waals surface area (Å²) in [6, 6.07) is 11.6. The van der Waals surface area contributed by atoms with Crippen LogP contribution in [0.1, 0.15) is 28.7 Å². The second-order valence-corrected chi connectivity index (χ2v) is 7.73. The number of amides is 2. The van der Waals surface area contributed by atoms with Crippen LogP contribution in [0, 0.1) is 33.6 Å². The monoisotopic (exact) mass is 394 g/mol. The van der Waals surface area contributed by atoms with Crippen LogP contribution < -0.4 is 10.2 Å². The van der Waals surface area contributed by atoms with Gasteiger partial charge in [-0.05, 0) is 62.6 Å². The molecule has 0 aromatic heterocycles. The third-order valence-electron chi connectivity index (χ3n) is 4.98.